The van der Waals surface area contributed by atoms with Crippen LogP contribution in [0.3, 0.4) is 0 Å². The maximum Gasteiger partial charge on any atom is 0.255 e. The van der Waals surface area contributed by atoms with Crippen LogP contribution in [0.2, 0.25) is 5.02 Å². The highest BCUT2D eigenvalue weighted by atomic mass is 79.9. The minimum Gasteiger partial charge on any atom is -0.335 e. The predicted octanol–water partition coefficient (Wildman–Crippen LogP) is 4.19. The monoisotopic (exact) mass is 337 g/mol. The Morgan fingerprint density at radius 1 is 1.47 bits per heavy atom. The summed E-state index contributed by atoms with van der Waals surface area (Å²) in [7, 11) is 0. The van der Waals surface area contributed by atoms with E-state index in [4.69, 9.17) is 23.2 Å². The van der Waals surface area contributed by atoms with Crippen LogP contribution in [0.4, 0.5) is 0 Å². The van der Waals surface area contributed by atoms with Crippen molar-refractivity contribution in [1.29, 1.82) is 0 Å². The van der Waals surface area contributed by atoms with E-state index in [-0.39, 0.29) is 11.9 Å². The molecular weight excluding hydrogens is 325 g/mol. The fraction of sp³-hybridized carbons (Fsp3) is 0.417. The van der Waals surface area contributed by atoms with Crippen LogP contribution in [-0.2, 0) is 0 Å². The first kappa shape index (κ1) is 14.8. The molecule has 0 radical (unpaired) electrons. The van der Waals surface area contributed by atoms with Crippen LogP contribution in [-0.4, -0.2) is 29.3 Å². The summed E-state index contributed by atoms with van der Waals surface area (Å²) in [6, 6.07) is 5.34. The lowest BCUT2D eigenvalue weighted by atomic mass is 10.1. The topological polar surface area (TPSA) is 20.3 Å². The van der Waals surface area contributed by atoms with E-state index in [1.54, 1.807) is 23.1 Å². The van der Waals surface area contributed by atoms with Gasteiger partial charge in [-0.3, -0.25) is 4.79 Å². The van der Waals surface area contributed by atoms with Crippen LogP contribution in [0.15, 0.2) is 22.7 Å². The van der Waals surface area contributed by atoms with E-state index in [9.17, 15) is 4.79 Å². The van der Waals surface area contributed by atoms with E-state index >= 15 is 0 Å². The quantitative estimate of drug-likeness (QED) is 0.754. The summed E-state index contributed by atoms with van der Waals surface area (Å²) in [6.45, 7) is 4.43. The lowest BCUT2D eigenvalue weighted by molar-refractivity contribution is 0.0718. The van der Waals surface area contributed by atoms with Crippen molar-refractivity contribution < 1.29 is 4.79 Å². The van der Waals surface area contributed by atoms with Crippen molar-refractivity contribution in [3.05, 3.63) is 33.3 Å². The number of carbonyl (C=O) groups excluding carboxylic acids is 1. The zero-order chi connectivity index (χ0) is 13.0. The van der Waals surface area contributed by atoms with Gasteiger partial charge in [-0.2, -0.15) is 0 Å². The first-order chi connectivity index (χ1) is 7.97. The first-order valence-electron chi connectivity index (χ1n) is 5.29. The van der Waals surface area contributed by atoms with E-state index in [0.717, 1.165) is 4.47 Å². The minimum absolute atomic E-state index is 0.0850. The number of benzene rings is 1. The van der Waals surface area contributed by atoms with Gasteiger partial charge in [0.05, 0.1) is 10.6 Å². The second-order valence-electron chi connectivity index (χ2n) is 3.91. The molecule has 2 nitrogen and oxygen atoms in total. The van der Waals surface area contributed by atoms with Gasteiger partial charge in [-0.05, 0) is 32.0 Å². The maximum absolute atomic E-state index is 12.3. The number of hydrogen-bond acceptors (Lipinski definition) is 1. The molecule has 1 rings (SSSR count). The minimum atomic E-state index is -0.0850. The fourth-order valence-corrected chi connectivity index (χ4v) is 2.44. The summed E-state index contributed by atoms with van der Waals surface area (Å²) in [5.41, 5.74) is 0.508. The normalized spacial score (nSPS) is 10.7. The molecule has 94 valence electrons. The number of halogens is 3. The molecule has 0 N–H and O–H groups in total. The Bertz CT molecular complexity index is 409. The summed E-state index contributed by atoms with van der Waals surface area (Å²) in [5, 5.41) is 0.449. The molecule has 0 unspecified atom stereocenters. The number of carbonyl (C=O) groups is 1. The molecule has 0 bridgehead atoms. The van der Waals surface area contributed by atoms with Gasteiger partial charge in [-0.1, -0.05) is 27.5 Å². The molecule has 1 aromatic rings. The molecule has 0 aliphatic rings. The van der Waals surface area contributed by atoms with Crippen LogP contribution in [0.25, 0.3) is 0 Å². The van der Waals surface area contributed by atoms with Gasteiger partial charge in [-0.25, -0.2) is 0 Å². The summed E-state index contributed by atoms with van der Waals surface area (Å²) < 4.78 is 0.854. The Balaban J connectivity index is 3.01. The van der Waals surface area contributed by atoms with Gasteiger partial charge in [0.25, 0.3) is 5.91 Å². The molecule has 0 atom stereocenters. The van der Waals surface area contributed by atoms with Crippen LogP contribution in [0.5, 0.6) is 0 Å². The molecular formula is C12H14BrCl2NO. The smallest absolute Gasteiger partial charge is 0.255 e. The van der Waals surface area contributed by atoms with Crippen LogP contribution < -0.4 is 0 Å². The number of nitrogens with zero attached hydrogens (tertiary/aromatic N) is 1. The third-order valence-electron chi connectivity index (χ3n) is 2.37. The van der Waals surface area contributed by atoms with Crippen molar-refractivity contribution in [2.75, 3.05) is 12.4 Å². The van der Waals surface area contributed by atoms with Crippen LogP contribution in [0, 0.1) is 0 Å². The van der Waals surface area contributed by atoms with Gasteiger partial charge in [0, 0.05) is 22.9 Å². The average Bonchev–Trinajstić information content (AvgIpc) is 2.24. The molecule has 0 saturated carbocycles. The zero-order valence-corrected chi connectivity index (χ0v) is 12.8. The summed E-state index contributed by atoms with van der Waals surface area (Å²) >= 11 is 15.1. The van der Waals surface area contributed by atoms with Crippen molar-refractivity contribution in [3.63, 3.8) is 0 Å². The Morgan fingerprint density at radius 3 is 2.59 bits per heavy atom. The summed E-state index contributed by atoms with van der Waals surface area (Å²) in [6.07, 6.45) is 0. The average molecular weight is 339 g/mol. The van der Waals surface area contributed by atoms with Crippen molar-refractivity contribution in [2.24, 2.45) is 0 Å². The SMILES string of the molecule is CC(C)N(CCCl)C(=O)c1ccc(Br)cc1Cl. The van der Waals surface area contributed by atoms with Crippen molar-refractivity contribution >= 4 is 45.0 Å². The summed E-state index contributed by atoms with van der Waals surface area (Å²) in [4.78, 5) is 14.0. The fourth-order valence-electron chi connectivity index (χ4n) is 1.50. The van der Waals surface area contributed by atoms with Crippen molar-refractivity contribution in [1.82, 2.24) is 4.90 Å². The van der Waals surface area contributed by atoms with Crippen molar-refractivity contribution in [3.8, 4) is 0 Å². The molecule has 0 heterocycles. The van der Waals surface area contributed by atoms with Crippen molar-refractivity contribution in [2.45, 2.75) is 19.9 Å². The third kappa shape index (κ3) is 3.87. The van der Waals surface area contributed by atoms with Gasteiger partial charge in [-0.15, -0.1) is 11.6 Å². The highest BCUT2D eigenvalue weighted by Crippen LogP contribution is 2.23. The number of hydrogen-bond donors (Lipinski definition) is 0. The Morgan fingerprint density at radius 2 is 2.12 bits per heavy atom. The molecule has 0 fully saturated rings. The van der Waals surface area contributed by atoms with E-state index < -0.39 is 0 Å². The van der Waals surface area contributed by atoms with Gasteiger partial charge >= 0.3 is 0 Å². The molecule has 1 amide bonds. The molecule has 0 aliphatic carbocycles. The summed E-state index contributed by atoms with van der Waals surface area (Å²) in [5.74, 6) is 0.330. The number of rotatable bonds is 4. The van der Waals surface area contributed by atoms with Gasteiger partial charge in [0.15, 0.2) is 0 Å². The number of amides is 1. The van der Waals surface area contributed by atoms with E-state index in [1.807, 2.05) is 13.8 Å². The lowest BCUT2D eigenvalue weighted by Crippen LogP contribution is -2.38. The second kappa shape index (κ2) is 6.62. The van der Waals surface area contributed by atoms with E-state index in [2.05, 4.69) is 15.9 Å². The predicted molar refractivity (Wildman–Crippen MR) is 76.0 cm³/mol. The molecule has 0 aromatic heterocycles. The molecule has 0 saturated heterocycles. The van der Waals surface area contributed by atoms with Crippen LogP contribution in [0.1, 0.15) is 24.2 Å². The Hall–Kier alpha value is -0.250. The van der Waals surface area contributed by atoms with E-state index in [0.29, 0.717) is 23.0 Å². The lowest BCUT2D eigenvalue weighted by Gasteiger charge is -2.26. The Kier molecular flexibility index (Phi) is 5.77. The Labute approximate surface area is 120 Å². The molecule has 0 spiro atoms. The molecule has 17 heavy (non-hydrogen) atoms. The second-order valence-corrected chi connectivity index (χ2v) is 5.61. The molecule has 1 aromatic carbocycles. The van der Waals surface area contributed by atoms with Crippen LogP contribution >= 0.6 is 39.1 Å². The highest BCUT2D eigenvalue weighted by Gasteiger charge is 2.20. The zero-order valence-electron chi connectivity index (χ0n) is 9.71. The van der Waals surface area contributed by atoms with Gasteiger partial charge in [0.2, 0.25) is 0 Å². The highest BCUT2D eigenvalue weighted by molar-refractivity contribution is 9.10. The molecule has 0 aliphatic heterocycles. The largest absolute Gasteiger partial charge is 0.335 e. The molecule has 5 heteroatoms. The van der Waals surface area contributed by atoms with Gasteiger partial charge < -0.3 is 4.90 Å². The third-order valence-corrected chi connectivity index (χ3v) is 3.35. The van der Waals surface area contributed by atoms with Gasteiger partial charge in [0.1, 0.15) is 0 Å². The first-order valence-corrected chi connectivity index (χ1v) is 7.00. The maximum atomic E-state index is 12.3. The van der Waals surface area contributed by atoms with E-state index in [1.165, 1.54) is 0 Å². The standard InChI is InChI=1S/C12H14BrCl2NO/c1-8(2)16(6-5-14)12(17)10-4-3-9(13)7-11(10)15/h3-4,7-8H,5-6H2,1-2H3. The number of alkyl halides is 1.